The van der Waals surface area contributed by atoms with Crippen molar-refractivity contribution in [3.63, 3.8) is 0 Å². The number of hydrogen-bond donors (Lipinski definition) is 1. The van der Waals surface area contributed by atoms with Crippen LogP contribution in [0.5, 0.6) is 5.75 Å². The molecular formula is C18H20N4O2S. The Morgan fingerprint density at radius 3 is 3.00 bits per heavy atom. The maximum atomic E-state index is 12.3. The van der Waals surface area contributed by atoms with E-state index in [1.807, 2.05) is 51.4 Å². The van der Waals surface area contributed by atoms with Crippen LogP contribution in [0.3, 0.4) is 0 Å². The maximum Gasteiger partial charge on any atom is 0.271 e. The van der Waals surface area contributed by atoms with E-state index in [1.165, 1.54) is 11.3 Å². The van der Waals surface area contributed by atoms with Gasteiger partial charge in [0.05, 0.1) is 12.2 Å². The first-order valence-corrected chi connectivity index (χ1v) is 8.84. The number of amides is 1. The second kappa shape index (κ2) is 7.48. The molecule has 3 aromatic rings. The lowest BCUT2D eigenvalue weighted by Gasteiger charge is -2.14. The third-order valence-corrected chi connectivity index (χ3v) is 4.45. The van der Waals surface area contributed by atoms with Gasteiger partial charge in [-0.15, -0.1) is 11.3 Å². The molecule has 0 saturated heterocycles. The van der Waals surface area contributed by atoms with Gasteiger partial charge in [0, 0.05) is 24.2 Å². The van der Waals surface area contributed by atoms with Crippen molar-refractivity contribution < 1.29 is 9.53 Å². The van der Waals surface area contributed by atoms with Crippen molar-refractivity contribution in [2.24, 2.45) is 7.05 Å². The average Bonchev–Trinajstić information content (AvgIpc) is 3.22. The molecule has 25 heavy (non-hydrogen) atoms. The fourth-order valence-corrected chi connectivity index (χ4v) is 3.08. The minimum absolute atomic E-state index is 0.128. The minimum atomic E-state index is -0.202. The Bertz CT molecular complexity index is 871. The molecule has 1 aromatic carbocycles. The van der Waals surface area contributed by atoms with Crippen molar-refractivity contribution in [1.82, 2.24) is 20.1 Å². The van der Waals surface area contributed by atoms with Crippen LogP contribution in [0.2, 0.25) is 0 Å². The predicted octanol–water partition coefficient (Wildman–Crippen LogP) is 3.05. The molecule has 1 amide bonds. The Hall–Kier alpha value is -2.67. The maximum absolute atomic E-state index is 12.3. The quantitative estimate of drug-likeness (QED) is 0.737. The van der Waals surface area contributed by atoms with Gasteiger partial charge in [-0.2, -0.15) is 5.10 Å². The molecule has 3 rings (SSSR count). The molecule has 130 valence electrons. The third kappa shape index (κ3) is 4.45. The highest BCUT2D eigenvalue weighted by Crippen LogP contribution is 2.22. The van der Waals surface area contributed by atoms with Gasteiger partial charge >= 0.3 is 0 Å². The molecule has 0 spiro atoms. The molecule has 7 heteroatoms. The number of carbonyl (C=O) groups excluding carboxylic acids is 1. The zero-order valence-electron chi connectivity index (χ0n) is 14.4. The molecule has 0 aliphatic rings. The van der Waals surface area contributed by atoms with E-state index >= 15 is 0 Å². The Morgan fingerprint density at radius 2 is 2.28 bits per heavy atom. The molecule has 0 saturated carbocycles. The SMILES string of the molecule is Cc1cccc(OCC(C)NC(=O)c2csc(-c3cnn(C)c3)n2)c1. The number of aromatic nitrogens is 3. The molecule has 1 N–H and O–H groups in total. The van der Waals surface area contributed by atoms with Gasteiger partial charge in [-0.3, -0.25) is 9.48 Å². The van der Waals surface area contributed by atoms with E-state index in [-0.39, 0.29) is 11.9 Å². The molecule has 2 heterocycles. The van der Waals surface area contributed by atoms with Crippen LogP contribution in [-0.2, 0) is 7.05 Å². The monoisotopic (exact) mass is 356 g/mol. The second-order valence-corrected chi connectivity index (χ2v) is 6.80. The second-order valence-electron chi connectivity index (χ2n) is 5.94. The van der Waals surface area contributed by atoms with Gasteiger partial charge in [0.1, 0.15) is 23.1 Å². The Balaban J connectivity index is 1.55. The van der Waals surface area contributed by atoms with Gasteiger partial charge in [-0.05, 0) is 31.5 Å². The summed E-state index contributed by atoms with van der Waals surface area (Å²) in [5, 5.41) is 9.57. The van der Waals surface area contributed by atoms with Gasteiger partial charge in [0.25, 0.3) is 5.91 Å². The summed E-state index contributed by atoms with van der Waals surface area (Å²) in [6.07, 6.45) is 3.61. The van der Waals surface area contributed by atoms with Crippen LogP contribution in [0.4, 0.5) is 0 Å². The number of nitrogens with zero attached hydrogens (tertiary/aromatic N) is 3. The largest absolute Gasteiger partial charge is 0.491 e. The lowest BCUT2D eigenvalue weighted by atomic mass is 10.2. The van der Waals surface area contributed by atoms with Crippen LogP contribution in [0.1, 0.15) is 23.0 Å². The van der Waals surface area contributed by atoms with Crippen molar-refractivity contribution in [3.05, 3.63) is 53.3 Å². The smallest absolute Gasteiger partial charge is 0.271 e. The topological polar surface area (TPSA) is 69.0 Å². The first-order chi connectivity index (χ1) is 12.0. The number of hydrogen-bond acceptors (Lipinski definition) is 5. The van der Waals surface area contributed by atoms with Crippen LogP contribution in [0, 0.1) is 6.92 Å². The number of thiazole rings is 1. The zero-order valence-corrected chi connectivity index (χ0v) is 15.2. The van der Waals surface area contributed by atoms with E-state index in [9.17, 15) is 4.79 Å². The minimum Gasteiger partial charge on any atom is -0.491 e. The Kier molecular flexibility index (Phi) is 5.14. The summed E-state index contributed by atoms with van der Waals surface area (Å²) in [5.74, 6) is 0.598. The van der Waals surface area contributed by atoms with E-state index in [4.69, 9.17) is 4.74 Å². The van der Waals surface area contributed by atoms with Crippen LogP contribution >= 0.6 is 11.3 Å². The molecule has 1 atom stereocenters. The summed E-state index contributed by atoms with van der Waals surface area (Å²) in [5.41, 5.74) is 2.45. The van der Waals surface area contributed by atoms with Crippen molar-refractivity contribution in [3.8, 4) is 16.3 Å². The number of rotatable bonds is 6. The molecule has 0 radical (unpaired) electrons. The van der Waals surface area contributed by atoms with Gasteiger partial charge in [-0.1, -0.05) is 12.1 Å². The number of nitrogens with one attached hydrogen (secondary N) is 1. The van der Waals surface area contributed by atoms with Crippen molar-refractivity contribution in [2.75, 3.05) is 6.61 Å². The molecule has 0 aliphatic heterocycles. The summed E-state index contributed by atoms with van der Waals surface area (Å²) >= 11 is 1.43. The lowest BCUT2D eigenvalue weighted by molar-refractivity contribution is 0.0922. The summed E-state index contributed by atoms with van der Waals surface area (Å²) in [6, 6.07) is 7.71. The van der Waals surface area contributed by atoms with Crippen molar-refractivity contribution in [2.45, 2.75) is 19.9 Å². The van der Waals surface area contributed by atoms with Crippen LogP contribution in [0.25, 0.3) is 10.6 Å². The number of aryl methyl sites for hydroxylation is 2. The van der Waals surface area contributed by atoms with Crippen LogP contribution in [-0.4, -0.2) is 33.3 Å². The third-order valence-electron chi connectivity index (χ3n) is 3.56. The van der Waals surface area contributed by atoms with E-state index in [2.05, 4.69) is 15.4 Å². The van der Waals surface area contributed by atoms with Gasteiger partial charge in [0.2, 0.25) is 0 Å². The standard InChI is InChI=1S/C18H20N4O2S/c1-12-5-4-6-15(7-12)24-10-13(2)20-17(23)16-11-25-18(21-16)14-8-19-22(3)9-14/h4-9,11,13H,10H2,1-3H3,(H,20,23). The normalized spacial score (nSPS) is 12.0. The average molecular weight is 356 g/mol. The summed E-state index contributed by atoms with van der Waals surface area (Å²) < 4.78 is 7.43. The number of ether oxygens (including phenoxy) is 1. The fourth-order valence-electron chi connectivity index (χ4n) is 2.31. The van der Waals surface area contributed by atoms with Gasteiger partial charge in [0.15, 0.2) is 0 Å². The van der Waals surface area contributed by atoms with Crippen molar-refractivity contribution >= 4 is 17.2 Å². The molecule has 0 bridgehead atoms. The van der Waals surface area contributed by atoms with E-state index in [1.54, 1.807) is 16.3 Å². The van der Waals surface area contributed by atoms with Gasteiger partial charge < -0.3 is 10.1 Å². The highest BCUT2D eigenvalue weighted by atomic mass is 32.1. The van der Waals surface area contributed by atoms with Gasteiger partial charge in [-0.25, -0.2) is 4.98 Å². The first kappa shape index (κ1) is 17.2. The fraction of sp³-hybridized carbons (Fsp3) is 0.278. The highest BCUT2D eigenvalue weighted by Gasteiger charge is 2.15. The van der Waals surface area contributed by atoms with E-state index < -0.39 is 0 Å². The number of carbonyl (C=O) groups is 1. The highest BCUT2D eigenvalue weighted by molar-refractivity contribution is 7.13. The van der Waals surface area contributed by atoms with Crippen LogP contribution < -0.4 is 10.1 Å². The Morgan fingerprint density at radius 1 is 1.44 bits per heavy atom. The molecular weight excluding hydrogens is 336 g/mol. The summed E-state index contributed by atoms with van der Waals surface area (Å²) in [4.78, 5) is 16.7. The molecule has 0 aliphatic carbocycles. The summed E-state index contributed by atoms with van der Waals surface area (Å²) in [6.45, 7) is 4.32. The summed E-state index contributed by atoms with van der Waals surface area (Å²) in [7, 11) is 1.85. The van der Waals surface area contributed by atoms with Crippen LogP contribution in [0.15, 0.2) is 42.0 Å². The molecule has 1 unspecified atom stereocenters. The molecule has 6 nitrogen and oxygen atoms in total. The molecule has 2 aromatic heterocycles. The lowest BCUT2D eigenvalue weighted by Crippen LogP contribution is -2.36. The number of benzene rings is 1. The first-order valence-electron chi connectivity index (χ1n) is 7.96. The van der Waals surface area contributed by atoms with Crippen molar-refractivity contribution in [1.29, 1.82) is 0 Å². The van der Waals surface area contributed by atoms with E-state index in [0.717, 1.165) is 21.9 Å². The molecule has 0 fully saturated rings. The Labute approximate surface area is 150 Å². The predicted molar refractivity (Wildman–Crippen MR) is 97.9 cm³/mol. The van der Waals surface area contributed by atoms with E-state index in [0.29, 0.717) is 12.3 Å². The zero-order chi connectivity index (χ0) is 17.8.